The fraction of sp³-hybridized carbons (Fsp3) is 0.750. The number of benzene rings is 3. The summed E-state index contributed by atoms with van der Waals surface area (Å²) < 4.78 is 13.1. The third-order valence-electron chi connectivity index (χ3n) is 17.7. The second-order valence-corrected chi connectivity index (χ2v) is 27.5. The lowest BCUT2D eigenvalue weighted by atomic mass is 9.81. The van der Waals surface area contributed by atoms with E-state index in [0.29, 0.717) is 48.7 Å². The van der Waals surface area contributed by atoms with Crippen molar-refractivity contribution >= 4 is 0 Å². The lowest BCUT2D eigenvalue weighted by Crippen LogP contribution is -2.45. The highest BCUT2D eigenvalue weighted by atomic mass is 19.1. The Labute approximate surface area is 518 Å². The van der Waals surface area contributed by atoms with Crippen molar-refractivity contribution in [3.05, 3.63) is 107 Å². The van der Waals surface area contributed by atoms with Crippen LogP contribution in [0.4, 0.5) is 4.39 Å². The number of aliphatic hydroxyl groups is 4. The normalized spacial score (nSPS) is 26.5. The number of hydrogen-bond acceptors (Lipinski definition) is 12. The molecule has 4 aliphatic heterocycles. The van der Waals surface area contributed by atoms with Gasteiger partial charge in [0, 0.05) is 52.6 Å². The second-order valence-electron chi connectivity index (χ2n) is 27.5. The Hall–Kier alpha value is -2.89. The predicted octanol–water partition coefficient (Wildman–Crippen LogP) is 16.0. The Morgan fingerprint density at radius 2 is 0.706 bits per heavy atom. The van der Waals surface area contributed by atoms with Crippen molar-refractivity contribution in [3.63, 3.8) is 0 Å². The van der Waals surface area contributed by atoms with Crippen LogP contribution in [-0.2, 0) is 39.0 Å². The number of halogens is 1. The van der Waals surface area contributed by atoms with Gasteiger partial charge in [-0.15, -0.1) is 0 Å². The molecule has 488 valence electrons. The molecule has 0 radical (unpaired) electrons. The first-order chi connectivity index (χ1) is 40.0. The minimum atomic E-state index is -0.221. The number of rotatable bonds is 29. The topological polar surface area (TPSA) is 131 Å². The summed E-state index contributed by atoms with van der Waals surface area (Å²) in [6.45, 7) is 37.3. The monoisotopic (exact) mass is 1190 g/mol. The van der Waals surface area contributed by atoms with Gasteiger partial charge >= 0.3 is 0 Å². The summed E-state index contributed by atoms with van der Waals surface area (Å²) in [6.07, 6.45) is 17.7. The summed E-state index contributed by atoms with van der Waals surface area (Å²) in [7, 11) is 0. The van der Waals surface area contributed by atoms with Crippen molar-refractivity contribution in [2.45, 2.75) is 287 Å². The van der Waals surface area contributed by atoms with E-state index in [1.54, 1.807) is 12.1 Å². The maximum atomic E-state index is 13.1. The molecule has 12 nitrogen and oxygen atoms in total. The van der Waals surface area contributed by atoms with Crippen molar-refractivity contribution < 1.29 is 44.2 Å². The highest BCUT2D eigenvalue weighted by molar-refractivity contribution is 5.22. The van der Waals surface area contributed by atoms with Crippen molar-refractivity contribution in [3.8, 4) is 0 Å². The SMILES string of the molecule is C.CC[C@H]1C[C@@](CCO)(CC(C)C)N(CCC(C)C)O1.CC[C@H]1C[C@@](CCO)(CC(C)C)N(Cc2ccc(C)cc2)O1.CC[C@H]1C[C@@](CCO)(CC(C)C)N(Cc2ccc(F)cc2)O1.CC[C@H]1C[C@@](CCO)(CC(C)C)N(Cc2ccccc2)O1. The number of nitrogens with zero attached hydrogens (tertiary/aromatic N) is 4. The highest BCUT2D eigenvalue weighted by Gasteiger charge is 2.49. The molecule has 4 N–H and O–H groups in total. The fourth-order valence-electron chi connectivity index (χ4n) is 13.9. The molecule has 0 amide bonds. The van der Waals surface area contributed by atoms with Gasteiger partial charge in [-0.3, -0.25) is 19.4 Å². The van der Waals surface area contributed by atoms with Gasteiger partial charge in [0.25, 0.3) is 0 Å². The first-order valence-corrected chi connectivity index (χ1v) is 33.1. The second kappa shape index (κ2) is 38.0. The molecule has 4 saturated heterocycles. The van der Waals surface area contributed by atoms with Gasteiger partial charge in [0.1, 0.15) is 5.82 Å². The number of aliphatic hydroxyl groups excluding tert-OH is 4. The van der Waals surface area contributed by atoms with Crippen LogP contribution in [0.15, 0.2) is 78.9 Å². The fourth-order valence-corrected chi connectivity index (χ4v) is 13.9. The Morgan fingerprint density at radius 1 is 0.424 bits per heavy atom. The number of hydrogen-bond donors (Lipinski definition) is 4. The Kier molecular flexibility index (Phi) is 34.1. The van der Waals surface area contributed by atoms with E-state index in [1.807, 2.05) is 11.1 Å². The number of hydroxylamine groups is 8. The molecule has 3 aromatic rings. The molecule has 0 aliphatic carbocycles. The van der Waals surface area contributed by atoms with Crippen LogP contribution in [0.1, 0.15) is 236 Å². The standard InChI is InChI=1S/C19H31NO2.C18H28FNO2.C18H29NO2.C16H33NO2.CH4/c1-5-18-13-19(10-11-21,12-15(2)3)20(22-18)14-17-8-6-16(4)7-9-17;1-4-17-12-18(9-10-21,11-14(2)3)20(22-17)13-15-5-7-16(19)8-6-15;1-4-17-13-18(10-11-20,12-15(2)3)19(21-17)14-16-8-6-5-7-9-16;1-6-15-12-16(8-10-18,11-14(4)5)17(19-15)9-7-13(2)3;/h6-9,15,18,21H,5,10-14H2,1-4H3;5-8,14,17,21H,4,9-13H2,1-3H3;5-9,15,17,20H,4,10-14H2,1-3H3;13-15,18H,6-12H2,1-5H3;1H4/t18-,19+;2*17-,18+;15-,16+;/m0000./s1. The highest BCUT2D eigenvalue weighted by Crippen LogP contribution is 2.45. The third-order valence-corrected chi connectivity index (χ3v) is 17.7. The van der Waals surface area contributed by atoms with E-state index >= 15 is 0 Å². The smallest absolute Gasteiger partial charge is 0.123 e. The molecule has 0 unspecified atom stereocenters. The van der Waals surface area contributed by atoms with E-state index in [4.69, 9.17) is 19.4 Å². The zero-order chi connectivity index (χ0) is 62.1. The Bertz CT molecular complexity index is 2120. The van der Waals surface area contributed by atoms with Crippen LogP contribution in [0.2, 0.25) is 0 Å². The van der Waals surface area contributed by atoms with Gasteiger partial charge in [-0.25, -0.2) is 4.39 Å². The van der Waals surface area contributed by atoms with Gasteiger partial charge in [-0.1, -0.05) is 177 Å². The molecule has 85 heavy (non-hydrogen) atoms. The zero-order valence-electron chi connectivity index (χ0n) is 55.5. The van der Waals surface area contributed by atoms with Crippen LogP contribution in [-0.4, -0.2) is 120 Å². The average molecular weight is 1190 g/mol. The summed E-state index contributed by atoms with van der Waals surface area (Å²) in [5.74, 6) is 2.81. The van der Waals surface area contributed by atoms with E-state index in [9.17, 15) is 24.8 Å². The van der Waals surface area contributed by atoms with E-state index < -0.39 is 0 Å². The van der Waals surface area contributed by atoms with Gasteiger partial charge in [-0.05, 0) is 174 Å². The summed E-state index contributed by atoms with van der Waals surface area (Å²) in [5, 5.41) is 46.8. The number of aryl methyl sites for hydroxylation is 1. The molecule has 4 fully saturated rings. The first-order valence-electron chi connectivity index (χ1n) is 33.1. The molecule has 0 spiro atoms. The van der Waals surface area contributed by atoms with E-state index in [-0.39, 0.29) is 80.1 Å². The summed E-state index contributed by atoms with van der Waals surface area (Å²) >= 11 is 0. The molecule has 0 saturated carbocycles. The van der Waals surface area contributed by atoms with E-state index in [0.717, 1.165) is 128 Å². The van der Waals surface area contributed by atoms with Crippen molar-refractivity contribution in [2.24, 2.45) is 29.6 Å². The van der Waals surface area contributed by atoms with Crippen LogP contribution in [0.25, 0.3) is 0 Å². The minimum absolute atomic E-state index is 0. The van der Waals surface area contributed by atoms with Crippen molar-refractivity contribution in [1.82, 2.24) is 20.3 Å². The molecular weight excluding hydrogens is 1070 g/mol. The summed E-state index contributed by atoms with van der Waals surface area (Å²) in [5.41, 5.74) is 4.71. The molecule has 7 rings (SSSR count). The van der Waals surface area contributed by atoms with Crippen molar-refractivity contribution in [1.29, 1.82) is 0 Å². The average Bonchev–Trinajstić information content (AvgIpc) is 2.68. The van der Waals surface area contributed by atoms with Crippen molar-refractivity contribution in [2.75, 3.05) is 33.0 Å². The maximum absolute atomic E-state index is 13.1. The molecule has 4 heterocycles. The molecule has 13 heteroatoms. The maximum Gasteiger partial charge on any atom is 0.123 e. The lowest BCUT2D eigenvalue weighted by molar-refractivity contribution is -0.201. The first kappa shape index (κ1) is 76.4. The lowest BCUT2D eigenvalue weighted by Gasteiger charge is -2.38. The van der Waals surface area contributed by atoms with Gasteiger partial charge in [-0.2, -0.15) is 20.3 Å². The molecule has 0 aromatic heterocycles. The molecule has 3 aromatic carbocycles. The van der Waals surface area contributed by atoms with Gasteiger partial charge in [0.05, 0.1) is 46.6 Å². The van der Waals surface area contributed by atoms with Crippen LogP contribution >= 0.6 is 0 Å². The Morgan fingerprint density at radius 3 is 0.988 bits per heavy atom. The zero-order valence-corrected chi connectivity index (χ0v) is 55.5. The van der Waals surface area contributed by atoms with Gasteiger partial charge in [0.15, 0.2) is 0 Å². The van der Waals surface area contributed by atoms with Gasteiger partial charge < -0.3 is 20.4 Å². The van der Waals surface area contributed by atoms with Crippen LogP contribution in [0, 0.1) is 42.3 Å². The molecule has 8 atom stereocenters. The van der Waals surface area contributed by atoms with Gasteiger partial charge in [0.2, 0.25) is 0 Å². The van der Waals surface area contributed by atoms with Crippen LogP contribution in [0.3, 0.4) is 0 Å². The van der Waals surface area contributed by atoms with E-state index in [2.05, 4.69) is 168 Å². The Balaban J connectivity index is 0.000000296. The molecule has 0 bridgehead atoms. The van der Waals surface area contributed by atoms with Crippen LogP contribution in [0.5, 0.6) is 0 Å². The largest absolute Gasteiger partial charge is 0.396 e. The van der Waals surface area contributed by atoms with E-state index in [1.165, 1.54) is 28.8 Å². The predicted molar refractivity (Wildman–Crippen MR) is 348 cm³/mol. The molecule has 4 aliphatic rings. The molecular formula is C72H125FN4O8. The van der Waals surface area contributed by atoms with Crippen LogP contribution < -0.4 is 0 Å². The third kappa shape index (κ3) is 23.8. The summed E-state index contributed by atoms with van der Waals surface area (Å²) in [4.78, 5) is 24.7. The minimum Gasteiger partial charge on any atom is -0.396 e. The quantitative estimate of drug-likeness (QED) is 0.0528. The summed E-state index contributed by atoms with van der Waals surface area (Å²) in [6, 6.07) is 25.7.